The Hall–Kier alpha value is -1.11. The number of pyridine rings is 1. The number of hydrogen-bond acceptors (Lipinski definition) is 5. The average molecular weight is 349 g/mol. The summed E-state index contributed by atoms with van der Waals surface area (Å²) in [6, 6.07) is 1.72. The minimum atomic E-state index is -1.71. The van der Waals surface area contributed by atoms with Crippen LogP contribution in [0.2, 0.25) is 0 Å². The molecule has 0 amide bonds. The summed E-state index contributed by atoms with van der Waals surface area (Å²) in [5.41, 5.74) is 0.375. The molecule has 0 atom stereocenters. The number of carbonyl (C=O) groups is 1. The van der Waals surface area contributed by atoms with Crippen LogP contribution in [0, 0.1) is 0 Å². The fraction of sp³-hybridized carbons (Fsp3) is 0.500. The largest absolute Gasteiger partial charge is 0.512 e. The van der Waals surface area contributed by atoms with Crippen LogP contribution in [0.3, 0.4) is 0 Å². The Morgan fingerprint density at radius 2 is 1.90 bits per heavy atom. The quantitative estimate of drug-likeness (QED) is 0.505. The maximum Gasteiger partial charge on any atom is 0.293 e. The number of nitrogens with zero attached hydrogens (tertiary/aromatic N) is 1. The van der Waals surface area contributed by atoms with E-state index in [1.165, 1.54) is 6.20 Å². The summed E-state index contributed by atoms with van der Waals surface area (Å²) in [4.78, 5) is 13.6. The Balaban J connectivity index is 0.000000486. The second-order valence-corrected chi connectivity index (χ2v) is 5.85. The maximum absolute atomic E-state index is 9.60. The Kier molecular flexibility index (Phi) is 7.92. The number of ether oxygens (including phenoxy) is 2. The van der Waals surface area contributed by atoms with Crippen molar-refractivity contribution in [1.29, 1.82) is 0 Å². The van der Waals surface area contributed by atoms with Gasteiger partial charge in [-0.05, 0) is 48.1 Å². The SMILES string of the molecule is CC(C)(C)OC=O.[B]C([B])([B])Oc1cnc(Br)cc1NC. The van der Waals surface area contributed by atoms with Gasteiger partial charge in [0.25, 0.3) is 6.47 Å². The van der Waals surface area contributed by atoms with Crippen LogP contribution in [0.1, 0.15) is 20.8 Å². The van der Waals surface area contributed by atoms with Gasteiger partial charge in [-0.25, -0.2) is 4.98 Å². The second-order valence-electron chi connectivity index (χ2n) is 5.04. The summed E-state index contributed by atoms with van der Waals surface area (Å²) in [7, 11) is 17.6. The zero-order valence-corrected chi connectivity index (χ0v) is 14.1. The van der Waals surface area contributed by atoms with Gasteiger partial charge >= 0.3 is 0 Å². The van der Waals surface area contributed by atoms with Crippen molar-refractivity contribution in [1.82, 2.24) is 4.98 Å². The number of rotatable bonds is 4. The van der Waals surface area contributed by atoms with Crippen LogP contribution in [-0.4, -0.2) is 52.9 Å². The minimum Gasteiger partial charge on any atom is -0.512 e. The van der Waals surface area contributed by atoms with Crippen LogP contribution >= 0.6 is 15.9 Å². The zero-order chi connectivity index (χ0) is 16.7. The van der Waals surface area contributed by atoms with E-state index in [-0.39, 0.29) is 5.60 Å². The summed E-state index contributed by atoms with van der Waals surface area (Å²) in [5, 5.41) is 1.19. The van der Waals surface area contributed by atoms with E-state index in [4.69, 9.17) is 28.3 Å². The third-order valence-electron chi connectivity index (χ3n) is 1.79. The van der Waals surface area contributed by atoms with Crippen LogP contribution in [-0.2, 0) is 9.53 Å². The van der Waals surface area contributed by atoms with E-state index in [1.54, 1.807) is 13.1 Å². The van der Waals surface area contributed by atoms with Gasteiger partial charge in [0.05, 0.1) is 11.9 Å². The first-order valence-electron chi connectivity index (χ1n) is 5.99. The normalized spacial score (nSPS) is 10.9. The lowest BCUT2D eigenvalue weighted by atomic mass is 9.52. The third kappa shape index (κ3) is 10.3. The minimum absolute atomic E-state index is 0.318. The van der Waals surface area contributed by atoms with Crippen LogP contribution < -0.4 is 10.1 Å². The van der Waals surface area contributed by atoms with Crippen molar-refractivity contribution < 1.29 is 14.3 Å². The summed E-state index contributed by atoms with van der Waals surface area (Å²) in [6.07, 6.45) is 1.47. The highest BCUT2D eigenvalue weighted by molar-refractivity contribution is 9.10. The zero-order valence-electron chi connectivity index (χ0n) is 12.5. The van der Waals surface area contributed by atoms with E-state index in [1.807, 2.05) is 20.8 Å². The van der Waals surface area contributed by atoms with Gasteiger partial charge < -0.3 is 14.8 Å². The molecule has 0 aliphatic carbocycles. The Morgan fingerprint density at radius 3 is 2.24 bits per heavy atom. The van der Waals surface area contributed by atoms with Crippen molar-refractivity contribution in [3.8, 4) is 5.75 Å². The predicted octanol–water partition coefficient (Wildman–Crippen LogP) is 1.34. The van der Waals surface area contributed by atoms with Crippen LogP contribution in [0.25, 0.3) is 0 Å². The highest BCUT2D eigenvalue weighted by Crippen LogP contribution is 2.27. The van der Waals surface area contributed by atoms with Crippen LogP contribution in [0.15, 0.2) is 16.9 Å². The molecule has 0 aromatic carbocycles. The van der Waals surface area contributed by atoms with E-state index in [9.17, 15) is 4.79 Å². The molecule has 5 nitrogen and oxygen atoms in total. The summed E-state index contributed by atoms with van der Waals surface area (Å²) >= 11 is 3.22. The van der Waals surface area contributed by atoms with Gasteiger partial charge in [0, 0.05) is 7.05 Å². The van der Waals surface area contributed by atoms with E-state index in [0.29, 0.717) is 22.5 Å². The molecule has 0 spiro atoms. The van der Waals surface area contributed by atoms with E-state index in [0.717, 1.165) is 0 Å². The fourth-order valence-electron chi connectivity index (χ4n) is 1.03. The molecular formula is C12H16B3BrN2O3. The molecular weight excluding hydrogens is 332 g/mol. The molecule has 0 aliphatic rings. The molecule has 1 heterocycles. The maximum atomic E-state index is 9.60. The van der Waals surface area contributed by atoms with Gasteiger partial charge in [0.15, 0.2) is 5.75 Å². The molecule has 1 N–H and O–H groups in total. The number of carbonyl (C=O) groups excluding carboxylic acids is 1. The molecule has 0 unspecified atom stereocenters. The number of anilines is 1. The molecule has 1 aromatic heterocycles. The number of aromatic nitrogens is 1. The lowest BCUT2D eigenvalue weighted by Crippen LogP contribution is -2.37. The molecule has 21 heavy (non-hydrogen) atoms. The Labute approximate surface area is 137 Å². The smallest absolute Gasteiger partial charge is 0.293 e. The first-order chi connectivity index (χ1) is 9.48. The Bertz CT molecular complexity index is 462. The van der Waals surface area contributed by atoms with Crippen LogP contribution in [0.4, 0.5) is 5.69 Å². The van der Waals surface area contributed by atoms with Crippen molar-refractivity contribution in [3.05, 3.63) is 16.9 Å². The van der Waals surface area contributed by atoms with Gasteiger partial charge in [-0.1, -0.05) is 0 Å². The summed E-state index contributed by atoms with van der Waals surface area (Å²) in [6.45, 7) is 5.92. The van der Waals surface area contributed by atoms with Gasteiger partial charge in [0.2, 0.25) is 0 Å². The van der Waals surface area contributed by atoms with Gasteiger partial charge in [-0.2, -0.15) is 0 Å². The molecule has 108 valence electrons. The fourth-order valence-corrected chi connectivity index (χ4v) is 1.36. The van der Waals surface area contributed by atoms with Crippen molar-refractivity contribution in [2.45, 2.75) is 31.7 Å². The van der Waals surface area contributed by atoms with E-state index in [2.05, 4.69) is 31.0 Å². The van der Waals surface area contributed by atoms with Crippen LogP contribution in [0.5, 0.6) is 5.75 Å². The van der Waals surface area contributed by atoms with E-state index >= 15 is 0 Å². The third-order valence-corrected chi connectivity index (χ3v) is 2.23. The monoisotopic (exact) mass is 348 g/mol. The van der Waals surface area contributed by atoms with Gasteiger partial charge in [-0.15, -0.1) is 0 Å². The van der Waals surface area contributed by atoms with Gasteiger partial charge in [-0.3, -0.25) is 4.79 Å². The first kappa shape index (κ1) is 19.9. The van der Waals surface area contributed by atoms with Gasteiger partial charge in [0.1, 0.15) is 33.7 Å². The Morgan fingerprint density at radius 1 is 1.33 bits per heavy atom. The highest BCUT2D eigenvalue weighted by Gasteiger charge is 2.13. The number of nitrogens with one attached hydrogen (secondary N) is 1. The van der Waals surface area contributed by atoms with Crippen molar-refractivity contribution >= 4 is 51.6 Å². The first-order valence-corrected chi connectivity index (χ1v) is 6.78. The lowest BCUT2D eigenvalue weighted by molar-refractivity contribution is -0.138. The molecule has 1 rings (SSSR count). The van der Waals surface area contributed by atoms with E-state index < -0.39 is 5.30 Å². The molecule has 6 radical (unpaired) electrons. The molecule has 0 fully saturated rings. The molecule has 0 saturated heterocycles. The highest BCUT2D eigenvalue weighted by atomic mass is 79.9. The number of hydrogen-bond donors (Lipinski definition) is 1. The molecule has 0 aliphatic heterocycles. The topological polar surface area (TPSA) is 60.5 Å². The lowest BCUT2D eigenvalue weighted by Gasteiger charge is -2.24. The summed E-state index contributed by atoms with van der Waals surface area (Å²) < 4.78 is 10.3. The predicted molar refractivity (Wildman–Crippen MR) is 89.0 cm³/mol. The summed E-state index contributed by atoms with van der Waals surface area (Å²) in [5.74, 6) is 0.392. The molecule has 0 bridgehead atoms. The molecule has 9 heteroatoms. The second kappa shape index (κ2) is 8.36. The molecule has 0 saturated carbocycles. The van der Waals surface area contributed by atoms with Crippen molar-refractivity contribution in [2.75, 3.05) is 12.4 Å². The van der Waals surface area contributed by atoms with Crippen molar-refractivity contribution in [3.63, 3.8) is 0 Å². The average Bonchev–Trinajstić information content (AvgIpc) is 2.29. The number of halogens is 1. The molecule has 1 aromatic rings. The standard InChI is InChI=1S/C7H6B3BrN2O.C5H10O2/c1-12-4-2-6(11)13-3-5(4)14-7(8,9)10;1-5(2,3)7-4-6/h2-3H,1H3,(H,12,13);4H,1-3H3. The van der Waals surface area contributed by atoms with Crippen molar-refractivity contribution in [2.24, 2.45) is 0 Å².